The molecule has 0 heterocycles. The minimum Gasteiger partial charge on any atom is -1.00 e. The van der Waals surface area contributed by atoms with Crippen molar-refractivity contribution in [3.63, 3.8) is 0 Å². The fraction of sp³-hybridized carbons (Fsp3) is 0.176. The summed E-state index contributed by atoms with van der Waals surface area (Å²) >= 11 is -1.96. The zero-order valence-corrected chi connectivity index (χ0v) is 27.4. The molecule has 2 aliphatic rings. The van der Waals surface area contributed by atoms with Gasteiger partial charge in [-0.1, -0.05) is 0 Å². The van der Waals surface area contributed by atoms with Crippen LogP contribution in [0.15, 0.2) is 115 Å². The minimum absolute atomic E-state index is 0. The van der Waals surface area contributed by atoms with Crippen LogP contribution < -0.4 is 24.8 Å². The van der Waals surface area contributed by atoms with Crippen LogP contribution in [-0.2, 0) is 20.4 Å². The van der Waals surface area contributed by atoms with Crippen molar-refractivity contribution in [1.82, 2.24) is 0 Å². The third kappa shape index (κ3) is 5.26. The van der Waals surface area contributed by atoms with Crippen molar-refractivity contribution in [1.29, 1.82) is 0 Å². The average Bonchev–Trinajstić information content (AvgIpc) is 3.46. The number of benzene rings is 4. The van der Waals surface area contributed by atoms with E-state index in [0.717, 1.165) is 12.8 Å². The van der Waals surface area contributed by atoms with Crippen LogP contribution in [0.25, 0.3) is 32.7 Å². The first kappa shape index (κ1) is 29.0. The summed E-state index contributed by atoms with van der Waals surface area (Å²) in [5.41, 5.74) is 8.66. The largest absolute Gasteiger partial charge is 1.00 e. The van der Waals surface area contributed by atoms with Gasteiger partial charge in [0.05, 0.1) is 0 Å². The van der Waals surface area contributed by atoms with Gasteiger partial charge in [-0.25, -0.2) is 0 Å². The zero-order valence-electron chi connectivity index (χ0n) is 22.4. The minimum atomic E-state index is -1.96. The second-order valence-electron chi connectivity index (χ2n) is 10.4. The van der Waals surface area contributed by atoms with Crippen LogP contribution in [0, 0.1) is 0 Å². The first-order valence-corrected chi connectivity index (χ1v) is 21.6. The third-order valence-electron chi connectivity index (χ3n) is 7.84. The molecule has 0 atom stereocenters. The van der Waals surface area contributed by atoms with E-state index in [9.17, 15) is 0 Å². The Labute approximate surface area is 247 Å². The normalized spacial score (nSPS) is 14.6. The van der Waals surface area contributed by atoms with Crippen molar-refractivity contribution in [2.75, 3.05) is 0 Å². The summed E-state index contributed by atoms with van der Waals surface area (Å²) in [6.45, 7) is 9.96. The van der Waals surface area contributed by atoms with E-state index < -0.39 is 20.4 Å². The number of hydrogen-bond acceptors (Lipinski definition) is 0. The summed E-state index contributed by atoms with van der Waals surface area (Å²) in [6.07, 6.45) is 7.36. The van der Waals surface area contributed by atoms with E-state index in [1.54, 1.807) is 11.1 Å². The summed E-state index contributed by atoms with van der Waals surface area (Å²) in [4.78, 5) is 0. The fourth-order valence-electron chi connectivity index (χ4n) is 6.17. The molecule has 0 fully saturated rings. The molecule has 0 saturated heterocycles. The molecule has 0 saturated carbocycles. The van der Waals surface area contributed by atoms with Crippen molar-refractivity contribution in [2.45, 2.75) is 39.8 Å². The molecule has 6 rings (SSSR count). The van der Waals surface area contributed by atoms with E-state index in [0.29, 0.717) is 0 Å². The molecule has 0 spiro atoms. The smallest absolute Gasteiger partial charge is 1.00 e. The number of hydrogen-bond donors (Lipinski definition) is 0. The molecule has 190 valence electrons. The van der Waals surface area contributed by atoms with Gasteiger partial charge < -0.3 is 24.8 Å². The second kappa shape index (κ2) is 12.1. The average molecular weight is 631 g/mol. The molecule has 4 heteroatoms. The van der Waals surface area contributed by atoms with Gasteiger partial charge in [0, 0.05) is 0 Å². The number of fused-ring (bicyclic) bond motifs is 2. The molecule has 38 heavy (non-hydrogen) atoms. The van der Waals surface area contributed by atoms with Crippen molar-refractivity contribution in [3.8, 4) is 0 Å². The van der Waals surface area contributed by atoms with E-state index in [1.807, 2.05) is 6.56 Å². The van der Waals surface area contributed by atoms with Crippen LogP contribution in [-0.4, -0.2) is 5.43 Å². The van der Waals surface area contributed by atoms with Crippen LogP contribution in [0.4, 0.5) is 0 Å². The summed E-state index contributed by atoms with van der Waals surface area (Å²) in [6, 6.07) is 31.3. The Hall–Kier alpha value is -1.96. The summed E-state index contributed by atoms with van der Waals surface area (Å²) in [7, 11) is 0. The van der Waals surface area contributed by atoms with E-state index in [1.165, 1.54) is 43.8 Å². The van der Waals surface area contributed by atoms with Gasteiger partial charge in [0.2, 0.25) is 0 Å². The zero-order chi connectivity index (χ0) is 24.8. The van der Waals surface area contributed by atoms with E-state index >= 15 is 0 Å². The predicted octanol–water partition coefficient (Wildman–Crippen LogP) is 3.69. The molecule has 0 N–H and O–H groups in total. The number of allylic oxidation sites excluding steroid dienone is 8. The van der Waals surface area contributed by atoms with Crippen LogP contribution >= 0.6 is 0 Å². The monoisotopic (exact) mass is 628 g/mol. The second-order valence-corrected chi connectivity index (χ2v) is 27.6. The van der Waals surface area contributed by atoms with E-state index in [4.69, 9.17) is 0 Å². The molecule has 0 amide bonds. The Morgan fingerprint density at radius 1 is 0.553 bits per heavy atom. The molecule has 2 aliphatic carbocycles. The maximum atomic E-state index is 2.59. The molecular formula is C34H32Cl2SiZr. The first-order valence-electron chi connectivity index (χ1n) is 13.0. The van der Waals surface area contributed by atoms with E-state index in [-0.39, 0.29) is 30.2 Å². The van der Waals surface area contributed by atoms with Gasteiger partial charge >= 0.3 is 224 Å². The molecule has 0 nitrogen and oxygen atoms in total. The Morgan fingerprint density at radius 2 is 0.947 bits per heavy atom. The Kier molecular flexibility index (Phi) is 9.21. The molecule has 0 bridgehead atoms. The Balaban J connectivity index is 0.00000168. The van der Waals surface area contributed by atoms with Gasteiger partial charge in [-0.15, -0.1) is 0 Å². The molecule has 0 radical (unpaired) electrons. The molecular weight excluding hydrogens is 599 g/mol. The van der Waals surface area contributed by atoms with Crippen LogP contribution in [0.3, 0.4) is 0 Å². The van der Waals surface area contributed by atoms with Crippen molar-refractivity contribution in [2.24, 2.45) is 0 Å². The SMILES string of the molecule is CC1=[C]([Zr+2]([C]2=C(C)C=C(c3cccc4ccccc34)C2)=[Si](C)C)CC(c2cccc3ccccc23)=C1.[Cl-].[Cl-]. The molecule has 4 aromatic carbocycles. The summed E-state index contributed by atoms with van der Waals surface area (Å²) in [5, 5.41) is 5.46. The quantitative estimate of drug-likeness (QED) is 0.302. The van der Waals surface area contributed by atoms with Crippen molar-refractivity contribution in [3.05, 3.63) is 126 Å². The van der Waals surface area contributed by atoms with Crippen LogP contribution in [0.1, 0.15) is 37.8 Å². The Bertz CT molecular complexity index is 1580. The van der Waals surface area contributed by atoms with E-state index in [2.05, 4.69) is 124 Å². The Morgan fingerprint density at radius 3 is 1.37 bits per heavy atom. The molecule has 0 aromatic heterocycles. The molecule has 4 aromatic rings. The topological polar surface area (TPSA) is 0 Å². The van der Waals surface area contributed by atoms with Gasteiger partial charge in [0.1, 0.15) is 0 Å². The van der Waals surface area contributed by atoms with Crippen molar-refractivity contribution < 1.29 is 45.2 Å². The maximum absolute atomic E-state index is 2.59. The van der Waals surface area contributed by atoms with Gasteiger partial charge in [-0.2, -0.15) is 0 Å². The van der Waals surface area contributed by atoms with Crippen LogP contribution in [0.2, 0.25) is 13.1 Å². The van der Waals surface area contributed by atoms with Gasteiger partial charge in [-0.05, 0) is 0 Å². The van der Waals surface area contributed by atoms with Crippen molar-refractivity contribution >= 4 is 38.1 Å². The number of halogens is 2. The first-order chi connectivity index (χ1) is 17.5. The van der Waals surface area contributed by atoms with Gasteiger partial charge in [-0.3, -0.25) is 0 Å². The number of rotatable bonds is 4. The fourth-order valence-corrected chi connectivity index (χ4v) is 24.7. The third-order valence-corrected chi connectivity index (χ3v) is 25.6. The molecule has 0 unspecified atom stereocenters. The summed E-state index contributed by atoms with van der Waals surface area (Å²) in [5.74, 6) is 0. The maximum Gasteiger partial charge on any atom is -1.00 e. The standard InChI is InChI=1S/2C16H13.C2H6Si.2ClH.Zr/c2*1-12-9-10-14(11-12)16-8-4-6-13-5-2-3-7-15(13)16;1-3-2;;;/h2*2-8,11H,10H2,1H3;1-2H3;2*1H;/q;;;;;+2/p-2. The predicted molar refractivity (Wildman–Crippen MR) is 156 cm³/mol. The van der Waals surface area contributed by atoms with Crippen LogP contribution in [0.5, 0.6) is 0 Å². The van der Waals surface area contributed by atoms with Gasteiger partial charge in [0.15, 0.2) is 0 Å². The van der Waals surface area contributed by atoms with Gasteiger partial charge in [0.25, 0.3) is 0 Å². The molecule has 0 aliphatic heterocycles. The summed E-state index contributed by atoms with van der Waals surface area (Å²) < 4.78 is 3.70.